The van der Waals surface area contributed by atoms with Crippen LogP contribution in [0.4, 0.5) is 0 Å². The van der Waals surface area contributed by atoms with Crippen molar-refractivity contribution in [3.05, 3.63) is 35.7 Å². The van der Waals surface area contributed by atoms with Crippen LogP contribution in [-0.4, -0.2) is 23.2 Å². The van der Waals surface area contributed by atoms with Crippen LogP contribution in [0.1, 0.15) is 23.7 Å². The Morgan fingerprint density at radius 1 is 1.29 bits per heavy atom. The van der Waals surface area contributed by atoms with E-state index < -0.39 is 0 Å². The van der Waals surface area contributed by atoms with E-state index in [0.29, 0.717) is 11.8 Å². The Hall–Kier alpha value is -1.68. The normalized spacial score (nSPS) is 19.7. The number of nitrogens with one attached hydrogen (secondary N) is 1. The minimum Gasteiger partial charge on any atom is -0.334 e. The summed E-state index contributed by atoms with van der Waals surface area (Å²) < 4.78 is 5.31. The second-order valence-corrected chi connectivity index (χ2v) is 4.51. The Labute approximate surface area is 100 Å². The van der Waals surface area contributed by atoms with Gasteiger partial charge in [-0.3, -0.25) is 0 Å². The predicted octanol–water partition coefficient (Wildman–Crippen LogP) is 2.12. The zero-order valence-electron chi connectivity index (χ0n) is 9.81. The van der Waals surface area contributed by atoms with Crippen molar-refractivity contribution in [2.75, 3.05) is 13.1 Å². The molecule has 1 aliphatic rings. The van der Waals surface area contributed by atoms with E-state index in [2.05, 4.69) is 34.5 Å². The van der Waals surface area contributed by atoms with Gasteiger partial charge in [0.25, 0.3) is 5.89 Å². The molecule has 4 nitrogen and oxygen atoms in total. The molecule has 88 valence electrons. The summed E-state index contributed by atoms with van der Waals surface area (Å²) in [5.41, 5.74) is 2.22. The van der Waals surface area contributed by atoms with E-state index in [1.54, 1.807) is 0 Å². The van der Waals surface area contributed by atoms with E-state index >= 15 is 0 Å². The minimum absolute atomic E-state index is 0.401. The summed E-state index contributed by atoms with van der Waals surface area (Å²) in [7, 11) is 0. The predicted molar refractivity (Wildman–Crippen MR) is 64.7 cm³/mol. The first kappa shape index (κ1) is 10.5. The molecular weight excluding hydrogens is 214 g/mol. The van der Waals surface area contributed by atoms with Crippen LogP contribution in [-0.2, 0) is 0 Å². The molecule has 2 heterocycles. The number of hydrogen-bond donors (Lipinski definition) is 1. The van der Waals surface area contributed by atoms with Gasteiger partial charge < -0.3 is 9.84 Å². The van der Waals surface area contributed by atoms with Crippen LogP contribution in [0.2, 0.25) is 0 Å². The van der Waals surface area contributed by atoms with Gasteiger partial charge in [0, 0.05) is 18.0 Å². The number of hydrogen-bond acceptors (Lipinski definition) is 4. The molecular formula is C13H15N3O. The molecule has 1 atom stereocenters. The van der Waals surface area contributed by atoms with E-state index in [4.69, 9.17) is 4.52 Å². The minimum atomic E-state index is 0.401. The Morgan fingerprint density at radius 3 is 2.82 bits per heavy atom. The fourth-order valence-corrected chi connectivity index (χ4v) is 2.09. The molecule has 4 heteroatoms. The first-order valence-corrected chi connectivity index (χ1v) is 5.94. The lowest BCUT2D eigenvalue weighted by atomic mass is 10.1. The summed E-state index contributed by atoms with van der Waals surface area (Å²) in [5.74, 6) is 1.84. The van der Waals surface area contributed by atoms with Crippen LogP contribution >= 0.6 is 0 Å². The molecule has 0 radical (unpaired) electrons. The lowest BCUT2D eigenvalue weighted by molar-refractivity contribution is 0.417. The van der Waals surface area contributed by atoms with E-state index in [9.17, 15) is 0 Å². The molecule has 1 fully saturated rings. The Bertz CT molecular complexity index is 498. The van der Waals surface area contributed by atoms with Crippen LogP contribution in [0.3, 0.4) is 0 Å². The topological polar surface area (TPSA) is 51.0 Å². The molecule has 0 amide bonds. The van der Waals surface area contributed by atoms with Crippen LogP contribution < -0.4 is 5.32 Å². The Morgan fingerprint density at radius 2 is 2.12 bits per heavy atom. The SMILES string of the molecule is Cc1ccc(-c2nc(C3CCNC3)no2)cc1. The van der Waals surface area contributed by atoms with Crippen LogP contribution in [0.25, 0.3) is 11.5 Å². The third kappa shape index (κ3) is 2.08. The molecule has 0 spiro atoms. The van der Waals surface area contributed by atoms with Crippen molar-refractivity contribution < 1.29 is 4.52 Å². The number of benzene rings is 1. The highest BCUT2D eigenvalue weighted by molar-refractivity contribution is 5.53. The van der Waals surface area contributed by atoms with E-state index in [-0.39, 0.29) is 0 Å². The average Bonchev–Trinajstić information content (AvgIpc) is 3.00. The maximum Gasteiger partial charge on any atom is 0.257 e. The molecule has 17 heavy (non-hydrogen) atoms. The molecule has 0 aliphatic carbocycles. The number of rotatable bonds is 2. The van der Waals surface area contributed by atoms with Gasteiger partial charge in [-0.2, -0.15) is 4.98 Å². The average molecular weight is 229 g/mol. The maximum absolute atomic E-state index is 5.31. The van der Waals surface area contributed by atoms with Crippen molar-refractivity contribution >= 4 is 0 Å². The number of aromatic nitrogens is 2. The first-order valence-electron chi connectivity index (χ1n) is 5.94. The van der Waals surface area contributed by atoms with E-state index in [1.165, 1.54) is 5.56 Å². The maximum atomic E-state index is 5.31. The monoisotopic (exact) mass is 229 g/mol. The van der Waals surface area contributed by atoms with E-state index in [1.807, 2.05) is 12.1 Å². The van der Waals surface area contributed by atoms with Gasteiger partial charge >= 0.3 is 0 Å². The van der Waals surface area contributed by atoms with Crippen molar-refractivity contribution in [3.63, 3.8) is 0 Å². The van der Waals surface area contributed by atoms with Crippen molar-refractivity contribution in [2.24, 2.45) is 0 Å². The van der Waals surface area contributed by atoms with Crippen molar-refractivity contribution in [2.45, 2.75) is 19.3 Å². The van der Waals surface area contributed by atoms with Gasteiger partial charge in [0.15, 0.2) is 5.82 Å². The fraction of sp³-hybridized carbons (Fsp3) is 0.385. The highest BCUT2D eigenvalue weighted by atomic mass is 16.5. The fourth-order valence-electron chi connectivity index (χ4n) is 2.09. The summed E-state index contributed by atoms with van der Waals surface area (Å²) in [4.78, 5) is 4.47. The Kier molecular flexibility index (Phi) is 2.65. The largest absolute Gasteiger partial charge is 0.334 e. The zero-order valence-corrected chi connectivity index (χ0v) is 9.81. The summed E-state index contributed by atoms with van der Waals surface area (Å²) >= 11 is 0. The smallest absolute Gasteiger partial charge is 0.257 e. The van der Waals surface area contributed by atoms with Gasteiger partial charge in [0.05, 0.1) is 0 Å². The molecule has 1 unspecified atom stereocenters. The summed E-state index contributed by atoms with van der Waals surface area (Å²) in [6.07, 6.45) is 1.09. The van der Waals surface area contributed by atoms with Gasteiger partial charge in [-0.1, -0.05) is 22.9 Å². The molecule has 1 aromatic carbocycles. The third-order valence-electron chi connectivity index (χ3n) is 3.17. The van der Waals surface area contributed by atoms with Gasteiger partial charge in [0.1, 0.15) is 0 Å². The molecule has 0 bridgehead atoms. The standard InChI is InChI=1S/C13H15N3O/c1-9-2-4-10(5-3-9)13-15-12(16-17-13)11-6-7-14-8-11/h2-5,11,14H,6-8H2,1H3. The van der Waals surface area contributed by atoms with Crippen LogP contribution in [0.5, 0.6) is 0 Å². The molecule has 3 rings (SSSR count). The molecule has 1 aromatic heterocycles. The van der Waals surface area contributed by atoms with E-state index in [0.717, 1.165) is 30.9 Å². The Balaban J connectivity index is 1.86. The van der Waals surface area contributed by atoms with Crippen LogP contribution in [0.15, 0.2) is 28.8 Å². The lowest BCUT2D eigenvalue weighted by Gasteiger charge is -1.98. The first-order chi connectivity index (χ1) is 8.33. The highest BCUT2D eigenvalue weighted by Crippen LogP contribution is 2.23. The third-order valence-corrected chi connectivity index (χ3v) is 3.17. The molecule has 1 saturated heterocycles. The second-order valence-electron chi connectivity index (χ2n) is 4.51. The summed E-state index contributed by atoms with van der Waals surface area (Å²) in [6, 6.07) is 8.13. The van der Waals surface area contributed by atoms with Crippen molar-refractivity contribution in [1.82, 2.24) is 15.5 Å². The number of aryl methyl sites for hydroxylation is 1. The van der Waals surface area contributed by atoms with Crippen molar-refractivity contribution in [3.8, 4) is 11.5 Å². The van der Waals surface area contributed by atoms with Crippen molar-refractivity contribution in [1.29, 1.82) is 0 Å². The highest BCUT2D eigenvalue weighted by Gasteiger charge is 2.22. The quantitative estimate of drug-likeness (QED) is 0.857. The summed E-state index contributed by atoms with van der Waals surface area (Å²) in [6.45, 7) is 4.05. The molecule has 2 aromatic rings. The summed E-state index contributed by atoms with van der Waals surface area (Å²) in [5, 5.41) is 7.38. The molecule has 0 saturated carbocycles. The van der Waals surface area contributed by atoms with Gasteiger partial charge in [0.2, 0.25) is 0 Å². The lowest BCUT2D eigenvalue weighted by Crippen LogP contribution is -2.08. The van der Waals surface area contributed by atoms with Gasteiger partial charge in [-0.05, 0) is 32.0 Å². The zero-order chi connectivity index (χ0) is 11.7. The van der Waals surface area contributed by atoms with Crippen LogP contribution in [0, 0.1) is 6.92 Å². The van der Waals surface area contributed by atoms with Gasteiger partial charge in [-0.15, -0.1) is 0 Å². The molecule has 1 N–H and O–H groups in total. The number of nitrogens with zero attached hydrogens (tertiary/aromatic N) is 2. The van der Waals surface area contributed by atoms with Gasteiger partial charge in [-0.25, -0.2) is 0 Å². The molecule has 1 aliphatic heterocycles. The second kappa shape index (κ2) is 4.30.